The number of aliphatic hydroxyl groups excluding tert-OH is 1. The fraction of sp³-hybridized carbons (Fsp3) is 0.750. The summed E-state index contributed by atoms with van der Waals surface area (Å²) in [5, 5.41) is 10.4. The van der Waals surface area contributed by atoms with E-state index in [-0.39, 0.29) is 46.4 Å². The smallest absolute Gasteiger partial charge is 0.247 e. The van der Waals surface area contributed by atoms with Gasteiger partial charge in [0.2, 0.25) is 17.7 Å². The molecule has 4 unspecified atom stereocenters. The highest BCUT2D eigenvalue weighted by Crippen LogP contribution is 2.68. The molecule has 208 valence electrons. The zero-order valence-electron chi connectivity index (χ0n) is 22.9. The molecule has 7 nitrogen and oxygen atoms in total. The van der Waals surface area contributed by atoms with Crippen LogP contribution in [0.15, 0.2) is 25.3 Å². The Hall–Kier alpha value is -1.32. The van der Waals surface area contributed by atoms with E-state index in [1.54, 1.807) is 40.8 Å². The zero-order chi connectivity index (χ0) is 27.7. The van der Waals surface area contributed by atoms with Crippen molar-refractivity contribution in [2.24, 2.45) is 17.8 Å². The Bertz CT molecular complexity index is 901. The molecular weight excluding hydrogens is 554 g/mol. The highest BCUT2D eigenvalue weighted by molar-refractivity contribution is 9.09. The third-order valence-electron chi connectivity index (χ3n) is 8.22. The van der Waals surface area contributed by atoms with Crippen LogP contribution in [0.3, 0.4) is 0 Å². The molecule has 1 spiro atoms. The Labute approximate surface area is 235 Å². The Morgan fingerprint density at radius 2 is 1.89 bits per heavy atom. The minimum atomic E-state index is -0.738. The van der Waals surface area contributed by atoms with Crippen molar-refractivity contribution >= 4 is 45.4 Å². The predicted molar refractivity (Wildman–Crippen MR) is 153 cm³/mol. The summed E-state index contributed by atoms with van der Waals surface area (Å²) in [4.78, 5) is 47.8. The molecular formula is C28H44BrN3O4S. The summed E-state index contributed by atoms with van der Waals surface area (Å²) < 4.78 is -0.724. The topological polar surface area (TPSA) is 81.2 Å². The van der Waals surface area contributed by atoms with Crippen molar-refractivity contribution in [3.8, 4) is 0 Å². The first kappa shape index (κ1) is 30.2. The van der Waals surface area contributed by atoms with Gasteiger partial charge in [-0.3, -0.25) is 14.4 Å². The third-order valence-corrected chi connectivity index (χ3v) is 11.4. The molecule has 0 aromatic rings. The molecule has 3 fully saturated rings. The largest absolute Gasteiger partial charge is 0.394 e. The second-order valence-corrected chi connectivity index (χ2v) is 14.0. The van der Waals surface area contributed by atoms with Gasteiger partial charge in [-0.1, -0.05) is 55.3 Å². The minimum Gasteiger partial charge on any atom is -0.394 e. The summed E-state index contributed by atoms with van der Waals surface area (Å²) in [5.41, 5.74) is 0. The number of carbonyl (C=O) groups is 3. The maximum atomic E-state index is 14.5. The van der Waals surface area contributed by atoms with Crippen LogP contribution in [-0.2, 0) is 14.4 Å². The molecule has 3 saturated heterocycles. The molecule has 3 rings (SSSR count). The van der Waals surface area contributed by atoms with E-state index in [4.69, 9.17) is 0 Å². The second kappa shape index (κ2) is 12.2. The second-order valence-electron chi connectivity index (χ2n) is 11.3. The monoisotopic (exact) mass is 597 g/mol. The lowest BCUT2D eigenvalue weighted by molar-refractivity contribution is -0.147. The SMILES string of the molecule is C=CCN(C)C(=O)[C@H]1[C@H]2C(=O)N([C@@H](CO)CC(C)C)C(C(=O)N(CC=C)C(C)CCC)C23CC(Br)[C@@H]1S3. The van der Waals surface area contributed by atoms with Gasteiger partial charge >= 0.3 is 0 Å². The standard InChI is InChI=1S/C28H44BrN3O4S/c1-8-11-18(6)31(13-10-3)27(36)24-28-15-20(29)23(37-28)21(25(34)30(7)12-9-2)22(28)26(35)32(24)19(16-33)14-17(4)5/h9-10,17-24,33H,2-3,8,11-16H2,1,4-7H3/t18?,19-,20?,21+,22+,23+,24?,28?/m1/s1. The van der Waals surface area contributed by atoms with E-state index in [0.29, 0.717) is 25.9 Å². The van der Waals surface area contributed by atoms with Gasteiger partial charge in [0.25, 0.3) is 0 Å². The number of amides is 3. The number of halogens is 1. The van der Waals surface area contributed by atoms with Crippen LogP contribution in [-0.4, -0.2) is 97.2 Å². The van der Waals surface area contributed by atoms with E-state index in [1.807, 2.05) is 11.8 Å². The molecule has 0 aromatic heterocycles. The molecule has 0 aromatic carbocycles. The van der Waals surface area contributed by atoms with Crippen LogP contribution in [0.25, 0.3) is 0 Å². The van der Waals surface area contributed by atoms with Gasteiger partial charge in [-0.05, 0) is 32.1 Å². The van der Waals surface area contributed by atoms with Crippen LogP contribution in [0, 0.1) is 17.8 Å². The Morgan fingerprint density at radius 3 is 2.43 bits per heavy atom. The van der Waals surface area contributed by atoms with Crippen LogP contribution in [0.4, 0.5) is 0 Å². The third kappa shape index (κ3) is 5.29. The molecule has 2 bridgehead atoms. The molecule has 8 atom stereocenters. The number of nitrogens with zero attached hydrogens (tertiary/aromatic N) is 3. The average molecular weight is 599 g/mol. The molecule has 3 heterocycles. The minimum absolute atomic E-state index is 0.0138. The Morgan fingerprint density at radius 1 is 1.24 bits per heavy atom. The maximum absolute atomic E-state index is 14.5. The molecule has 3 aliphatic rings. The number of hydrogen-bond donors (Lipinski definition) is 1. The van der Waals surface area contributed by atoms with Crippen molar-refractivity contribution in [2.45, 2.75) is 86.3 Å². The number of fused-ring (bicyclic) bond motifs is 1. The van der Waals surface area contributed by atoms with Crippen LogP contribution in [0.1, 0.15) is 53.4 Å². The quantitative estimate of drug-likeness (QED) is 0.258. The van der Waals surface area contributed by atoms with Crippen molar-refractivity contribution in [3.63, 3.8) is 0 Å². The van der Waals surface area contributed by atoms with Crippen molar-refractivity contribution < 1.29 is 19.5 Å². The van der Waals surface area contributed by atoms with Crippen molar-refractivity contribution in [1.29, 1.82) is 0 Å². The summed E-state index contributed by atoms with van der Waals surface area (Å²) in [6.07, 6.45) is 6.41. The van der Waals surface area contributed by atoms with Gasteiger partial charge in [-0.15, -0.1) is 24.9 Å². The normalized spacial score (nSPS) is 31.8. The number of aliphatic hydroxyl groups is 1. The van der Waals surface area contributed by atoms with Gasteiger partial charge in [-0.25, -0.2) is 0 Å². The van der Waals surface area contributed by atoms with Crippen LogP contribution in [0.5, 0.6) is 0 Å². The van der Waals surface area contributed by atoms with E-state index in [2.05, 4.69) is 49.9 Å². The van der Waals surface area contributed by atoms with E-state index in [9.17, 15) is 19.5 Å². The zero-order valence-corrected chi connectivity index (χ0v) is 25.3. The lowest BCUT2D eigenvalue weighted by atomic mass is 9.70. The summed E-state index contributed by atoms with van der Waals surface area (Å²) in [5.74, 6) is -1.25. The number of rotatable bonds is 13. The van der Waals surface area contributed by atoms with E-state index >= 15 is 0 Å². The summed E-state index contributed by atoms with van der Waals surface area (Å²) in [7, 11) is 1.74. The summed E-state index contributed by atoms with van der Waals surface area (Å²) in [6.45, 7) is 16.5. The fourth-order valence-corrected chi connectivity index (χ4v) is 10.3. The molecule has 37 heavy (non-hydrogen) atoms. The Balaban J connectivity index is 2.15. The number of hydrogen-bond acceptors (Lipinski definition) is 5. The number of carbonyl (C=O) groups excluding carboxylic acids is 3. The Kier molecular flexibility index (Phi) is 10.0. The van der Waals surface area contributed by atoms with Gasteiger partial charge in [0.1, 0.15) is 6.04 Å². The van der Waals surface area contributed by atoms with E-state index in [1.165, 1.54) is 0 Å². The molecule has 9 heteroatoms. The molecule has 1 N–H and O–H groups in total. The van der Waals surface area contributed by atoms with Crippen molar-refractivity contribution in [1.82, 2.24) is 14.7 Å². The number of thioether (sulfide) groups is 1. The lowest BCUT2D eigenvalue weighted by Crippen LogP contribution is -2.59. The van der Waals surface area contributed by atoms with Crippen LogP contribution >= 0.6 is 27.7 Å². The number of alkyl halides is 1. The lowest BCUT2D eigenvalue weighted by Gasteiger charge is -2.41. The van der Waals surface area contributed by atoms with Crippen LogP contribution < -0.4 is 0 Å². The summed E-state index contributed by atoms with van der Waals surface area (Å²) >= 11 is 5.47. The first-order valence-corrected chi connectivity index (χ1v) is 15.3. The average Bonchev–Trinajstić information content (AvgIpc) is 3.43. The molecule has 0 saturated carbocycles. The first-order chi connectivity index (χ1) is 17.5. The van der Waals surface area contributed by atoms with Gasteiger partial charge < -0.3 is 19.8 Å². The molecule has 3 amide bonds. The van der Waals surface area contributed by atoms with Crippen molar-refractivity contribution in [2.75, 3.05) is 26.7 Å². The van der Waals surface area contributed by atoms with Crippen LogP contribution in [0.2, 0.25) is 0 Å². The van der Waals surface area contributed by atoms with Gasteiger partial charge in [0, 0.05) is 36.3 Å². The van der Waals surface area contributed by atoms with Gasteiger partial charge in [0.15, 0.2) is 0 Å². The molecule has 3 aliphatic heterocycles. The van der Waals surface area contributed by atoms with E-state index < -0.39 is 28.7 Å². The molecule has 0 aliphatic carbocycles. The van der Waals surface area contributed by atoms with Gasteiger partial charge in [-0.2, -0.15) is 0 Å². The molecule has 0 radical (unpaired) electrons. The maximum Gasteiger partial charge on any atom is 0.247 e. The predicted octanol–water partition coefficient (Wildman–Crippen LogP) is 3.71. The number of likely N-dealkylation sites (N-methyl/N-ethyl adjacent to an activating group) is 1. The highest BCUT2D eigenvalue weighted by Gasteiger charge is 2.76. The van der Waals surface area contributed by atoms with Crippen molar-refractivity contribution in [3.05, 3.63) is 25.3 Å². The first-order valence-electron chi connectivity index (χ1n) is 13.5. The fourth-order valence-electron chi connectivity index (χ4n) is 6.74. The van der Waals surface area contributed by atoms with E-state index in [0.717, 1.165) is 12.8 Å². The summed E-state index contributed by atoms with van der Waals surface area (Å²) in [6, 6.07) is -1.23. The number of likely N-dealkylation sites (tertiary alicyclic amines) is 1. The highest BCUT2D eigenvalue weighted by atomic mass is 79.9. The van der Waals surface area contributed by atoms with Gasteiger partial charge in [0.05, 0.1) is 29.2 Å².